The van der Waals surface area contributed by atoms with Crippen molar-refractivity contribution in [3.63, 3.8) is 0 Å². The monoisotopic (exact) mass is 314 g/mol. The molecule has 3 aromatic carbocycles. The molecule has 0 bridgehead atoms. The Morgan fingerprint density at radius 1 is 0.667 bits per heavy atom. The van der Waals surface area contributed by atoms with Crippen LogP contribution in [0.25, 0.3) is 11.1 Å². The molecule has 0 aliphatic heterocycles. The Kier molecular flexibility index (Phi) is 3.36. The number of rotatable bonds is 2. The van der Waals surface area contributed by atoms with Gasteiger partial charge >= 0.3 is 0 Å². The van der Waals surface area contributed by atoms with Crippen molar-refractivity contribution in [2.24, 2.45) is 0 Å². The van der Waals surface area contributed by atoms with Gasteiger partial charge in [-0.3, -0.25) is 0 Å². The first-order chi connectivity index (χ1) is 11.5. The lowest BCUT2D eigenvalue weighted by molar-refractivity contribution is -0.0332. The van der Waals surface area contributed by atoms with E-state index in [1.54, 1.807) is 0 Å². The van der Waals surface area contributed by atoms with Crippen molar-refractivity contribution < 1.29 is 5.11 Å². The molecule has 1 aliphatic carbocycles. The first-order valence-electron chi connectivity index (χ1n) is 8.50. The summed E-state index contributed by atoms with van der Waals surface area (Å²) in [5.41, 5.74) is 4.44. The number of aliphatic hydroxyl groups is 1. The second-order valence-electron chi connectivity index (χ2n) is 7.24. The fraction of sp³-hybridized carbons (Fsp3) is 0.217. The molecule has 0 heterocycles. The third-order valence-electron chi connectivity index (χ3n) is 5.60. The van der Waals surface area contributed by atoms with E-state index in [1.807, 2.05) is 24.3 Å². The van der Waals surface area contributed by atoms with E-state index < -0.39 is 5.60 Å². The van der Waals surface area contributed by atoms with Gasteiger partial charge in [0.1, 0.15) is 5.60 Å². The molecule has 0 spiro atoms. The van der Waals surface area contributed by atoms with Gasteiger partial charge in [0.2, 0.25) is 0 Å². The second-order valence-corrected chi connectivity index (χ2v) is 7.24. The van der Waals surface area contributed by atoms with Gasteiger partial charge < -0.3 is 5.11 Å². The van der Waals surface area contributed by atoms with Crippen molar-refractivity contribution in [3.8, 4) is 11.1 Å². The van der Waals surface area contributed by atoms with E-state index >= 15 is 0 Å². The minimum Gasteiger partial charge on any atom is -0.384 e. The van der Waals surface area contributed by atoms with Crippen LogP contribution in [0.2, 0.25) is 0 Å². The fourth-order valence-electron chi connectivity index (χ4n) is 4.11. The predicted molar refractivity (Wildman–Crippen MR) is 98.9 cm³/mol. The molecule has 120 valence electrons. The summed E-state index contributed by atoms with van der Waals surface area (Å²) < 4.78 is 0. The molecular formula is C23H22O. The normalized spacial score (nSPS) is 21.0. The zero-order chi connectivity index (χ0) is 16.8. The van der Waals surface area contributed by atoms with Crippen molar-refractivity contribution in [2.45, 2.75) is 31.3 Å². The van der Waals surface area contributed by atoms with Crippen molar-refractivity contribution in [3.05, 3.63) is 95.6 Å². The second kappa shape index (κ2) is 5.32. The average molecular weight is 314 g/mol. The van der Waals surface area contributed by atoms with E-state index in [4.69, 9.17) is 0 Å². The number of fused-ring (bicyclic) bond motifs is 3. The SMILES string of the molecule is CC1(C)c2ccccc2-c2ccccc2[C@]1(O)Cc1ccccc1. The third kappa shape index (κ3) is 2.05. The van der Waals surface area contributed by atoms with E-state index in [1.165, 1.54) is 11.1 Å². The maximum absolute atomic E-state index is 12.0. The zero-order valence-electron chi connectivity index (χ0n) is 14.2. The van der Waals surface area contributed by atoms with Crippen LogP contribution >= 0.6 is 0 Å². The number of benzene rings is 3. The molecule has 0 unspecified atom stereocenters. The van der Waals surface area contributed by atoms with Crippen LogP contribution in [0.1, 0.15) is 30.5 Å². The highest BCUT2D eigenvalue weighted by Crippen LogP contribution is 2.53. The van der Waals surface area contributed by atoms with Gasteiger partial charge in [0.05, 0.1) is 0 Å². The van der Waals surface area contributed by atoms with Crippen molar-refractivity contribution in [1.29, 1.82) is 0 Å². The van der Waals surface area contributed by atoms with Gasteiger partial charge in [0, 0.05) is 11.8 Å². The Labute approximate surface area is 143 Å². The van der Waals surface area contributed by atoms with Crippen molar-refractivity contribution >= 4 is 0 Å². The van der Waals surface area contributed by atoms with Crippen molar-refractivity contribution in [1.82, 2.24) is 0 Å². The van der Waals surface area contributed by atoms with Crippen molar-refractivity contribution in [2.75, 3.05) is 0 Å². The summed E-state index contributed by atoms with van der Waals surface area (Å²) in [6.45, 7) is 4.31. The molecule has 3 aromatic rings. The van der Waals surface area contributed by atoms with Crippen LogP contribution < -0.4 is 0 Å². The van der Waals surface area contributed by atoms with E-state index in [9.17, 15) is 5.11 Å². The van der Waals surface area contributed by atoms with Crippen LogP contribution in [-0.2, 0) is 17.4 Å². The summed E-state index contributed by atoms with van der Waals surface area (Å²) in [6, 6.07) is 27.0. The molecule has 0 saturated heterocycles. The Morgan fingerprint density at radius 2 is 1.17 bits per heavy atom. The lowest BCUT2D eigenvalue weighted by Crippen LogP contribution is -2.49. The molecule has 1 heteroatoms. The number of hydrogen-bond acceptors (Lipinski definition) is 1. The van der Waals surface area contributed by atoms with E-state index in [0.29, 0.717) is 6.42 Å². The fourth-order valence-corrected chi connectivity index (χ4v) is 4.11. The first kappa shape index (κ1) is 15.2. The predicted octanol–water partition coefficient (Wildman–Crippen LogP) is 5.08. The molecule has 1 nitrogen and oxygen atoms in total. The first-order valence-corrected chi connectivity index (χ1v) is 8.50. The molecule has 0 saturated carbocycles. The molecule has 1 aliphatic rings. The van der Waals surface area contributed by atoms with Crippen LogP contribution in [0, 0.1) is 0 Å². The third-order valence-corrected chi connectivity index (χ3v) is 5.60. The average Bonchev–Trinajstić information content (AvgIpc) is 2.61. The lowest BCUT2D eigenvalue weighted by Gasteiger charge is -2.49. The highest BCUT2D eigenvalue weighted by atomic mass is 16.3. The van der Waals surface area contributed by atoms with Gasteiger partial charge in [-0.1, -0.05) is 92.7 Å². The van der Waals surface area contributed by atoms with Gasteiger partial charge in [-0.25, -0.2) is 0 Å². The van der Waals surface area contributed by atoms with E-state index in [0.717, 1.165) is 16.7 Å². The van der Waals surface area contributed by atoms with Gasteiger partial charge in [0.25, 0.3) is 0 Å². The Bertz CT molecular complexity index is 879. The molecule has 0 amide bonds. The van der Waals surface area contributed by atoms with E-state index in [-0.39, 0.29) is 5.41 Å². The largest absolute Gasteiger partial charge is 0.384 e. The van der Waals surface area contributed by atoms with Gasteiger partial charge in [-0.15, -0.1) is 0 Å². The molecule has 0 aromatic heterocycles. The maximum atomic E-state index is 12.0. The van der Waals surface area contributed by atoms with Crippen LogP contribution in [0.3, 0.4) is 0 Å². The molecule has 1 N–H and O–H groups in total. The standard InChI is InChI=1S/C23H22O/c1-22(2)20-14-8-6-12-18(20)19-13-7-9-15-21(19)23(22,24)16-17-10-4-3-5-11-17/h3-15,24H,16H2,1-2H3/t23-/m1/s1. The van der Waals surface area contributed by atoms with E-state index in [2.05, 4.69) is 68.4 Å². The molecule has 1 atom stereocenters. The highest BCUT2D eigenvalue weighted by molar-refractivity contribution is 5.77. The maximum Gasteiger partial charge on any atom is 0.103 e. The van der Waals surface area contributed by atoms with Crippen LogP contribution in [0.5, 0.6) is 0 Å². The topological polar surface area (TPSA) is 20.2 Å². The Morgan fingerprint density at radius 3 is 1.83 bits per heavy atom. The summed E-state index contributed by atoms with van der Waals surface area (Å²) in [5, 5.41) is 12.0. The zero-order valence-corrected chi connectivity index (χ0v) is 14.2. The van der Waals surface area contributed by atoms with Crippen LogP contribution in [-0.4, -0.2) is 5.11 Å². The number of hydrogen-bond donors (Lipinski definition) is 1. The molecule has 4 rings (SSSR count). The summed E-state index contributed by atoms with van der Waals surface area (Å²) in [7, 11) is 0. The van der Waals surface area contributed by atoms with Gasteiger partial charge in [0.15, 0.2) is 0 Å². The Balaban J connectivity index is 1.97. The minimum atomic E-state index is -0.945. The van der Waals surface area contributed by atoms with Crippen LogP contribution in [0.4, 0.5) is 0 Å². The minimum absolute atomic E-state index is 0.381. The van der Waals surface area contributed by atoms with Gasteiger partial charge in [-0.2, -0.15) is 0 Å². The molecular weight excluding hydrogens is 292 g/mol. The summed E-state index contributed by atoms with van der Waals surface area (Å²) in [6.07, 6.45) is 0.603. The van der Waals surface area contributed by atoms with Gasteiger partial charge in [-0.05, 0) is 27.8 Å². The quantitative estimate of drug-likeness (QED) is 0.700. The Hall–Kier alpha value is -2.38. The smallest absolute Gasteiger partial charge is 0.103 e. The summed E-state index contributed by atoms with van der Waals surface area (Å²) in [4.78, 5) is 0. The molecule has 24 heavy (non-hydrogen) atoms. The van der Waals surface area contributed by atoms with Crippen LogP contribution in [0.15, 0.2) is 78.9 Å². The summed E-state index contributed by atoms with van der Waals surface area (Å²) in [5.74, 6) is 0. The lowest BCUT2D eigenvalue weighted by atomic mass is 9.58. The molecule has 0 fully saturated rings. The molecule has 0 radical (unpaired) electrons. The summed E-state index contributed by atoms with van der Waals surface area (Å²) >= 11 is 0. The highest BCUT2D eigenvalue weighted by Gasteiger charge is 2.50.